The number of hydrogen-bond acceptors (Lipinski definition) is 10. The number of hydrogen-bond donors (Lipinski definition) is 1. The van der Waals surface area contributed by atoms with Crippen LogP contribution < -0.4 is 15.1 Å². The average molecular weight is 801 g/mol. The van der Waals surface area contributed by atoms with Crippen LogP contribution in [0.2, 0.25) is 0 Å². The summed E-state index contributed by atoms with van der Waals surface area (Å²) in [6.45, 7) is 24.4. The maximum absolute atomic E-state index is 11.9. The van der Waals surface area contributed by atoms with Gasteiger partial charge in [-0.05, 0) is 113 Å². The number of nitrogens with zero attached hydrogens (tertiary/aromatic N) is 5. The van der Waals surface area contributed by atoms with Crippen LogP contribution in [0, 0.1) is 23.7 Å². The highest BCUT2D eigenvalue weighted by molar-refractivity contribution is 7.91. The van der Waals surface area contributed by atoms with E-state index in [1.165, 1.54) is 57.8 Å². The lowest BCUT2D eigenvalue weighted by Gasteiger charge is -2.47. The summed E-state index contributed by atoms with van der Waals surface area (Å²) in [5, 5.41) is 3.63. The zero-order chi connectivity index (χ0) is 40.1. The monoisotopic (exact) mass is 801 g/mol. The third-order valence-electron chi connectivity index (χ3n) is 12.9. The lowest BCUT2D eigenvalue weighted by Crippen LogP contribution is -2.57. The van der Waals surface area contributed by atoms with Gasteiger partial charge in [-0.25, -0.2) is 16.8 Å². The average Bonchev–Trinajstić information content (AvgIpc) is 3.14. The molecule has 4 fully saturated rings. The summed E-state index contributed by atoms with van der Waals surface area (Å²) in [7, 11) is -4.09. The van der Waals surface area contributed by atoms with Gasteiger partial charge in [0, 0.05) is 107 Å². The molecule has 0 amide bonds. The largest absolute Gasteiger partial charge is 0.369 e. The van der Waals surface area contributed by atoms with Gasteiger partial charge in [0.05, 0.1) is 9.79 Å². The molecule has 2 aromatic carbocycles. The molecule has 1 N–H and O–H groups in total. The predicted octanol–water partition coefficient (Wildman–Crippen LogP) is 5.59. The molecule has 6 rings (SSSR count). The number of anilines is 2. The first-order valence-electron chi connectivity index (χ1n) is 20.9. The van der Waals surface area contributed by atoms with Crippen molar-refractivity contribution in [2.45, 2.75) is 101 Å². The molecule has 0 bridgehead atoms. The SMILES string of the molecule is CC(C)[C@H]1CN(c2cccc(S(C)(=O)=O)c2)CCN1CC1CCC(C)N(C)C1.CC1CCC(CN2CCN(c3cccc(S(C)(=O)=O)c3)C[C@@H]2C(C)C)CN1. The zero-order valence-corrected chi connectivity index (χ0v) is 37.0. The highest BCUT2D eigenvalue weighted by atomic mass is 32.2. The molecule has 4 aliphatic heterocycles. The van der Waals surface area contributed by atoms with Crippen molar-refractivity contribution < 1.29 is 16.8 Å². The fourth-order valence-electron chi connectivity index (χ4n) is 9.11. The zero-order valence-electron chi connectivity index (χ0n) is 35.3. The van der Waals surface area contributed by atoms with Crippen molar-refractivity contribution in [1.29, 1.82) is 0 Å². The Hall–Kier alpha value is -2.22. The highest BCUT2D eigenvalue weighted by Crippen LogP contribution is 2.29. The normalized spacial score (nSPS) is 28.0. The summed E-state index contributed by atoms with van der Waals surface area (Å²) < 4.78 is 47.7. The third-order valence-corrected chi connectivity index (χ3v) is 15.1. The van der Waals surface area contributed by atoms with Gasteiger partial charge in [0.15, 0.2) is 19.7 Å². The molecular weight excluding hydrogens is 729 g/mol. The van der Waals surface area contributed by atoms with Gasteiger partial charge in [0.25, 0.3) is 0 Å². The van der Waals surface area contributed by atoms with Gasteiger partial charge in [0.1, 0.15) is 0 Å². The summed E-state index contributed by atoms with van der Waals surface area (Å²) in [5.41, 5.74) is 2.05. The molecule has 4 heterocycles. The van der Waals surface area contributed by atoms with E-state index in [4.69, 9.17) is 0 Å². The Kier molecular flexibility index (Phi) is 15.2. The maximum atomic E-state index is 11.9. The van der Waals surface area contributed by atoms with Crippen LogP contribution >= 0.6 is 0 Å². The second-order valence-electron chi connectivity index (χ2n) is 18.0. The van der Waals surface area contributed by atoms with Gasteiger partial charge in [-0.1, -0.05) is 39.8 Å². The number of rotatable bonds is 10. The minimum Gasteiger partial charge on any atom is -0.369 e. The van der Waals surface area contributed by atoms with Crippen LogP contribution in [0.5, 0.6) is 0 Å². The number of piperazine rings is 2. The Morgan fingerprint density at radius 1 is 0.655 bits per heavy atom. The van der Waals surface area contributed by atoms with Crippen LogP contribution in [0.25, 0.3) is 0 Å². The van der Waals surface area contributed by atoms with E-state index < -0.39 is 19.7 Å². The number of benzene rings is 2. The van der Waals surface area contributed by atoms with Gasteiger partial charge in [-0.15, -0.1) is 0 Å². The molecule has 0 spiro atoms. The minimum absolute atomic E-state index is 0.408. The van der Waals surface area contributed by atoms with Gasteiger partial charge in [-0.2, -0.15) is 0 Å². The van der Waals surface area contributed by atoms with Crippen LogP contribution in [-0.4, -0.2) is 141 Å². The van der Waals surface area contributed by atoms with Crippen LogP contribution in [0.4, 0.5) is 11.4 Å². The van der Waals surface area contributed by atoms with E-state index in [1.807, 2.05) is 36.4 Å². The van der Waals surface area contributed by atoms with Crippen molar-refractivity contribution in [1.82, 2.24) is 20.0 Å². The second kappa shape index (κ2) is 19.0. The smallest absolute Gasteiger partial charge is 0.175 e. The van der Waals surface area contributed by atoms with E-state index in [2.05, 4.69) is 78.4 Å². The first-order chi connectivity index (χ1) is 25.9. The Labute approximate surface area is 334 Å². The number of piperidine rings is 2. The van der Waals surface area contributed by atoms with E-state index in [1.54, 1.807) is 12.1 Å². The Morgan fingerprint density at radius 2 is 1.13 bits per heavy atom. The summed E-state index contributed by atoms with van der Waals surface area (Å²) in [5.74, 6) is 2.63. The number of nitrogens with one attached hydrogen (secondary N) is 1. The molecule has 0 aliphatic carbocycles. The van der Waals surface area contributed by atoms with E-state index >= 15 is 0 Å². The fraction of sp³-hybridized carbons (Fsp3) is 0.721. The minimum atomic E-state index is -3.18. The van der Waals surface area contributed by atoms with Crippen molar-refractivity contribution in [2.75, 3.05) is 94.8 Å². The summed E-state index contributed by atoms with van der Waals surface area (Å²) in [6, 6.07) is 17.2. The van der Waals surface area contributed by atoms with Crippen molar-refractivity contribution in [3.8, 4) is 0 Å². The molecule has 4 unspecified atom stereocenters. The van der Waals surface area contributed by atoms with Crippen LogP contribution in [0.1, 0.15) is 67.2 Å². The second-order valence-corrected chi connectivity index (χ2v) is 22.1. The molecule has 55 heavy (non-hydrogen) atoms. The summed E-state index contributed by atoms with van der Waals surface area (Å²) >= 11 is 0. The molecule has 4 saturated heterocycles. The van der Waals surface area contributed by atoms with Gasteiger partial charge < -0.3 is 20.0 Å². The molecule has 10 nitrogen and oxygen atoms in total. The molecule has 0 aromatic heterocycles. The Bertz CT molecular complexity index is 1750. The van der Waals surface area contributed by atoms with Crippen molar-refractivity contribution in [2.24, 2.45) is 23.7 Å². The first kappa shape index (κ1) is 43.9. The number of sulfone groups is 2. The standard InChI is InChI=1S/C22H37N3O2S.C21H35N3O2S/c1-17(2)22-16-24(20-7-6-8-21(13-20)28(5,26)27)11-12-25(22)15-19-10-9-18(3)23(4)14-19;1-16(2)21-15-23(19-6-5-7-20(12-19)27(4,25)26)10-11-24(21)14-18-9-8-17(3)22-13-18/h6-8,13,17-19,22H,9-12,14-16H2,1-5H3;5-7,12,16-18,21-22H,8-11,13-15H2,1-4H3/t18?,19?,22-;17?,18?,21-/m11/s1. The van der Waals surface area contributed by atoms with Gasteiger partial charge in [0.2, 0.25) is 0 Å². The molecule has 6 atom stereocenters. The predicted molar refractivity (Wildman–Crippen MR) is 229 cm³/mol. The molecule has 12 heteroatoms. The first-order valence-corrected chi connectivity index (χ1v) is 24.7. The molecular formula is C43H72N6O4S2. The molecule has 0 radical (unpaired) electrons. The van der Waals surface area contributed by atoms with Crippen molar-refractivity contribution in [3.05, 3.63) is 48.5 Å². The van der Waals surface area contributed by atoms with Crippen LogP contribution in [0.15, 0.2) is 58.3 Å². The lowest BCUT2D eigenvalue weighted by molar-refractivity contribution is 0.0748. The van der Waals surface area contributed by atoms with Crippen molar-refractivity contribution in [3.63, 3.8) is 0 Å². The van der Waals surface area contributed by atoms with E-state index in [0.717, 1.165) is 69.0 Å². The summed E-state index contributed by atoms with van der Waals surface area (Å²) in [4.78, 5) is 13.4. The fourth-order valence-corrected chi connectivity index (χ4v) is 10.4. The quantitative estimate of drug-likeness (QED) is 0.328. The van der Waals surface area contributed by atoms with Gasteiger partial charge in [-0.3, -0.25) is 9.80 Å². The van der Waals surface area contributed by atoms with Crippen molar-refractivity contribution >= 4 is 31.0 Å². The van der Waals surface area contributed by atoms with E-state index in [9.17, 15) is 16.8 Å². The molecule has 310 valence electrons. The van der Waals surface area contributed by atoms with Crippen LogP contribution in [0.3, 0.4) is 0 Å². The van der Waals surface area contributed by atoms with Gasteiger partial charge >= 0.3 is 0 Å². The Balaban J connectivity index is 0.000000211. The maximum Gasteiger partial charge on any atom is 0.175 e. The summed E-state index contributed by atoms with van der Waals surface area (Å²) in [6.07, 6.45) is 7.77. The molecule has 4 aliphatic rings. The highest BCUT2D eigenvalue weighted by Gasteiger charge is 2.34. The Morgan fingerprint density at radius 3 is 1.55 bits per heavy atom. The number of likely N-dealkylation sites (tertiary alicyclic amines) is 1. The lowest BCUT2D eigenvalue weighted by atomic mass is 9.91. The van der Waals surface area contributed by atoms with Crippen LogP contribution in [-0.2, 0) is 19.7 Å². The topological polar surface area (TPSA) is 96.5 Å². The van der Waals surface area contributed by atoms with E-state index in [-0.39, 0.29) is 0 Å². The van der Waals surface area contributed by atoms with E-state index in [0.29, 0.717) is 45.8 Å². The molecule has 0 saturated carbocycles. The third kappa shape index (κ3) is 12.1. The molecule has 2 aromatic rings.